The lowest BCUT2D eigenvalue weighted by atomic mass is 10.1. The van der Waals surface area contributed by atoms with Crippen LogP contribution in [0.2, 0.25) is 0 Å². The molecule has 162 valence electrons. The maximum Gasteiger partial charge on any atom is 0.251 e. The number of carbonyl (C=O) groups excluding carboxylic acids is 1. The monoisotopic (exact) mass is 490 g/mol. The predicted octanol–water partition coefficient (Wildman–Crippen LogP) is 4.99. The van der Waals surface area contributed by atoms with Gasteiger partial charge in [-0.3, -0.25) is 4.79 Å². The summed E-state index contributed by atoms with van der Waals surface area (Å²) in [5.74, 6) is 2.02. The third-order valence-corrected chi connectivity index (χ3v) is 5.56. The Morgan fingerprint density at radius 3 is 2.53 bits per heavy atom. The van der Waals surface area contributed by atoms with Crippen LogP contribution in [-0.2, 0) is 6.42 Å². The summed E-state index contributed by atoms with van der Waals surface area (Å²) in [7, 11) is 1.64. The quantitative estimate of drug-likeness (QED) is 0.396. The first kappa shape index (κ1) is 21.8. The van der Waals surface area contributed by atoms with Crippen LogP contribution in [0.5, 0.6) is 5.75 Å². The first-order chi connectivity index (χ1) is 15.5. The van der Waals surface area contributed by atoms with Crippen molar-refractivity contribution in [3.05, 3.63) is 94.2 Å². The second kappa shape index (κ2) is 9.78. The molecule has 0 radical (unpaired) electrons. The molecule has 1 amide bonds. The highest BCUT2D eigenvalue weighted by Crippen LogP contribution is 2.24. The van der Waals surface area contributed by atoms with Gasteiger partial charge in [-0.25, -0.2) is 9.67 Å². The molecule has 7 heteroatoms. The van der Waals surface area contributed by atoms with E-state index in [1.54, 1.807) is 17.9 Å². The fraction of sp³-hybridized carbons (Fsp3) is 0.160. The molecule has 0 bridgehead atoms. The van der Waals surface area contributed by atoms with E-state index < -0.39 is 0 Å². The molecule has 32 heavy (non-hydrogen) atoms. The second-order valence-electron chi connectivity index (χ2n) is 7.31. The van der Waals surface area contributed by atoms with Gasteiger partial charge in [0.1, 0.15) is 11.6 Å². The van der Waals surface area contributed by atoms with E-state index in [1.165, 1.54) is 5.56 Å². The van der Waals surface area contributed by atoms with Crippen LogP contribution in [-0.4, -0.2) is 34.3 Å². The lowest BCUT2D eigenvalue weighted by Gasteiger charge is -2.10. The minimum atomic E-state index is -0.119. The average Bonchev–Trinajstić information content (AvgIpc) is 3.22. The Hall–Kier alpha value is -3.45. The molecule has 4 aromatic rings. The molecule has 0 aliphatic heterocycles. The molecule has 0 fully saturated rings. The van der Waals surface area contributed by atoms with E-state index in [9.17, 15) is 4.79 Å². The number of ether oxygens (including phenoxy) is 1. The van der Waals surface area contributed by atoms with Gasteiger partial charge in [-0.2, -0.15) is 5.10 Å². The van der Waals surface area contributed by atoms with Crippen LogP contribution < -0.4 is 10.1 Å². The van der Waals surface area contributed by atoms with Crippen LogP contribution in [0.1, 0.15) is 21.7 Å². The molecular weight excluding hydrogens is 468 g/mol. The Labute approximate surface area is 195 Å². The molecule has 0 aliphatic carbocycles. The maximum atomic E-state index is 12.7. The van der Waals surface area contributed by atoms with Crippen LogP contribution in [0.3, 0.4) is 0 Å². The van der Waals surface area contributed by atoms with E-state index in [0.717, 1.165) is 27.9 Å². The number of hydrogen-bond acceptors (Lipinski definition) is 4. The Kier molecular flexibility index (Phi) is 6.66. The van der Waals surface area contributed by atoms with Gasteiger partial charge in [-0.05, 0) is 73.5 Å². The highest BCUT2D eigenvalue weighted by molar-refractivity contribution is 9.10. The summed E-state index contributed by atoms with van der Waals surface area (Å²) in [5.41, 5.74) is 3.43. The van der Waals surface area contributed by atoms with E-state index in [4.69, 9.17) is 4.74 Å². The number of rotatable bonds is 7. The maximum absolute atomic E-state index is 12.7. The molecule has 0 unspecified atom stereocenters. The summed E-state index contributed by atoms with van der Waals surface area (Å²) in [6.45, 7) is 2.41. The number of amides is 1. The summed E-state index contributed by atoms with van der Waals surface area (Å²) >= 11 is 3.43. The Morgan fingerprint density at radius 2 is 1.81 bits per heavy atom. The lowest BCUT2D eigenvalue weighted by molar-refractivity contribution is 0.0954. The normalized spacial score (nSPS) is 10.7. The van der Waals surface area contributed by atoms with Gasteiger partial charge in [-0.15, -0.1) is 0 Å². The third kappa shape index (κ3) is 5.06. The van der Waals surface area contributed by atoms with E-state index in [1.807, 2.05) is 73.7 Å². The number of methoxy groups -OCH3 is 1. The smallest absolute Gasteiger partial charge is 0.251 e. The fourth-order valence-electron chi connectivity index (χ4n) is 3.37. The molecule has 0 atom stereocenters. The highest BCUT2D eigenvalue weighted by Gasteiger charge is 2.14. The number of nitrogens with one attached hydrogen (secondary N) is 1. The van der Waals surface area contributed by atoms with Crippen molar-refractivity contribution in [2.75, 3.05) is 13.7 Å². The molecule has 1 heterocycles. The van der Waals surface area contributed by atoms with Crippen molar-refractivity contribution in [2.24, 2.45) is 0 Å². The molecule has 0 aliphatic rings. The zero-order valence-corrected chi connectivity index (χ0v) is 19.5. The molecule has 1 N–H and O–H groups in total. The number of nitrogens with zero attached hydrogens (tertiary/aromatic N) is 3. The average molecular weight is 491 g/mol. The number of hydrogen-bond donors (Lipinski definition) is 1. The van der Waals surface area contributed by atoms with Crippen molar-refractivity contribution in [1.29, 1.82) is 0 Å². The summed E-state index contributed by atoms with van der Waals surface area (Å²) in [6.07, 6.45) is 0.766. The fourth-order valence-corrected chi connectivity index (χ4v) is 3.64. The van der Waals surface area contributed by atoms with Crippen molar-refractivity contribution >= 4 is 21.8 Å². The standard InChI is InChI=1S/C25H23BrN4O2/c1-17-28-24(19-8-12-23(32-2)13-9-19)30(29-17)22-5-3-4-20(16-22)25(31)27-15-14-18-6-10-21(26)11-7-18/h3-13,16H,14-15H2,1-2H3,(H,27,31). The van der Waals surface area contributed by atoms with Crippen LogP contribution in [0, 0.1) is 6.92 Å². The van der Waals surface area contributed by atoms with Crippen molar-refractivity contribution in [2.45, 2.75) is 13.3 Å². The Balaban J connectivity index is 1.51. The Morgan fingerprint density at radius 1 is 1.06 bits per heavy atom. The van der Waals surface area contributed by atoms with E-state index in [2.05, 4.69) is 31.3 Å². The second-order valence-corrected chi connectivity index (χ2v) is 8.22. The van der Waals surface area contributed by atoms with Gasteiger partial charge in [0.2, 0.25) is 0 Å². The summed E-state index contributed by atoms with van der Waals surface area (Å²) in [4.78, 5) is 17.3. The number of halogens is 1. The molecule has 1 aromatic heterocycles. The van der Waals surface area contributed by atoms with Gasteiger partial charge in [0.15, 0.2) is 5.82 Å². The number of aryl methyl sites for hydroxylation is 1. The Bertz CT molecular complexity index is 1220. The molecule has 6 nitrogen and oxygen atoms in total. The van der Waals surface area contributed by atoms with Crippen LogP contribution in [0.15, 0.2) is 77.3 Å². The lowest BCUT2D eigenvalue weighted by Crippen LogP contribution is -2.25. The molecule has 0 saturated carbocycles. The van der Waals surface area contributed by atoms with Crippen molar-refractivity contribution in [3.8, 4) is 22.8 Å². The van der Waals surface area contributed by atoms with Gasteiger partial charge in [0, 0.05) is 22.1 Å². The number of benzene rings is 3. The molecule has 4 rings (SSSR count). The zero-order chi connectivity index (χ0) is 22.5. The van der Waals surface area contributed by atoms with E-state index in [-0.39, 0.29) is 5.91 Å². The zero-order valence-electron chi connectivity index (χ0n) is 17.9. The van der Waals surface area contributed by atoms with Crippen molar-refractivity contribution in [1.82, 2.24) is 20.1 Å². The van der Waals surface area contributed by atoms with Crippen LogP contribution >= 0.6 is 15.9 Å². The predicted molar refractivity (Wildman–Crippen MR) is 128 cm³/mol. The van der Waals surface area contributed by atoms with Gasteiger partial charge < -0.3 is 10.1 Å². The van der Waals surface area contributed by atoms with Crippen LogP contribution in [0.4, 0.5) is 0 Å². The third-order valence-electron chi connectivity index (χ3n) is 5.03. The summed E-state index contributed by atoms with van der Waals surface area (Å²) in [6, 6.07) is 23.2. The summed E-state index contributed by atoms with van der Waals surface area (Å²) < 4.78 is 8.04. The molecule has 3 aromatic carbocycles. The first-order valence-electron chi connectivity index (χ1n) is 10.2. The largest absolute Gasteiger partial charge is 0.497 e. The molecular formula is C25H23BrN4O2. The number of aromatic nitrogens is 3. The van der Waals surface area contributed by atoms with E-state index in [0.29, 0.717) is 23.8 Å². The van der Waals surface area contributed by atoms with Crippen molar-refractivity contribution < 1.29 is 9.53 Å². The first-order valence-corrected chi connectivity index (χ1v) is 11.0. The summed E-state index contributed by atoms with van der Waals surface area (Å²) in [5, 5.41) is 7.54. The van der Waals surface area contributed by atoms with Gasteiger partial charge in [0.25, 0.3) is 5.91 Å². The van der Waals surface area contributed by atoms with Crippen LogP contribution in [0.25, 0.3) is 17.1 Å². The molecule has 0 saturated heterocycles. The van der Waals surface area contributed by atoms with Gasteiger partial charge in [-0.1, -0.05) is 34.1 Å². The minimum absolute atomic E-state index is 0.119. The van der Waals surface area contributed by atoms with Crippen molar-refractivity contribution in [3.63, 3.8) is 0 Å². The highest BCUT2D eigenvalue weighted by atomic mass is 79.9. The SMILES string of the molecule is COc1ccc(-c2nc(C)nn2-c2cccc(C(=O)NCCc3ccc(Br)cc3)c2)cc1. The minimum Gasteiger partial charge on any atom is -0.497 e. The van der Waals surface area contributed by atoms with Gasteiger partial charge in [0.05, 0.1) is 12.8 Å². The number of carbonyl (C=O) groups is 1. The topological polar surface area (TPSA) is 69.0 Å². The molecule has 0 spiro atoms. The van der Waals surface area contributed by atoms with Gasteiger partial charge >= 0.3 is 0 Å². The van der Waals surface area contributed by atoms with E-state index >= 15 is 0 Å².